The van der Waals surface area contributed by atoms with Gasteiger partial charge in [-0.25, -0.2) is 0 Å². The highest BCUT2D eigenvalue weighted by Crippen LogP contribution is 2.34. The first-order valence-electron chi connectivity index (χ1n) is 11.5. The molecule has 2 aliphatic carbocycles. The Morgan fingerprint density at radius 1 is 0.769 bits per heavy atom. The van der Waals surface area contributed by atoms with Crippen molar-refractivity contribution >= 4 is 9.92 Å². The minimum Gasteiger partial charge on any atom is -0.412 e. The molecule has 3 N–H and O–H groups in total. The molecule has 0 aromatic carbocycles. The number of hydrogen-bond donors (Lipinski definition) is 3. The topological polar surface area (TPSA) is 45.3 Å². The molecule has 5 heteroatoms. The van der Waals surface area contributed by atoms with Crippen LogP contribution in [0.4, 0.5) is 0 Å². The summed E-state index contributed by atoms with van der Waals surface area (Å²) < 4.78 is 4.81. The van der Waals surface area contributed by atoms with Gasteiger partial charge < -0.3 is 20.0 Å². The maximum absolute atomic E-state index is 4.81. The van der Waals surface area contributed by atoms with Crippen LogP contribution in [0, 0.1) is 23.7 Å². The van der Waals surface area contributed by atoms with Crippen molar-refractivity contribution in [3.63, 3.8) is 0 Å². The Morgan fingerprint density at radius 2 is 1.23 bits per heavy atom. The zero-order chi connectivity index (χ0) is 18.5. The Labute approximate surface area is 165 Å². The van der Waals surface area contributed by atoms with E-state index in [9.17, 15) is 0 Å². The van der Waals surface area contributed by atoms with Gasteiger partial charge in [0.05, 0.1) is 0 Å². The van der Waals surface area contributed by atoms with Crippen molar-refractivity contribution in [2.75, 3.05) is 39.8 Å². The third kappa shape index (κ3) is 8.38. The third-order valence-corrected chi connectivity index (χ3v) is 7.82. The summed E-state index contributed by atoms with van der Waals surface area (Å²) in [6.07, 6.45) is 14.9. The molecular formula is C21H45N3OSi. The van der Waals surface area contributed by atoms with Crippen molar-refractivity contribution in [3.05, 3.63) is 0 Å². The summed E-state index contributed by atoms with van der Waals surface area (Å²) in [6, 6.07) is 0. The van der Waals surface area contributed by atoms with Crippen LogP contribution < -0.4 is 15.6 Å². The highest BCUT2D eigenvalue weighted by Gasteiger charge is 2.27. The average Bonchev–Trinajstić information content (AvgIpc) is 2.73. The fourth-order valence-electron chi connectivity index (χ4n) is 5.22. The first-order chi connectivity index (χ1) is 12.8. The van der Waals surface area contributed by atoms with Gasteiger partial charge in [0.15, 0.2) is 0 Å². The summed E-state index contributed by atoms with van der Waals surface area (Å²) in [7, 11) is 1.40. The van der Waals surface area contributed by atoms with Crippen LogP contribution in [0.5, 0.6) is 0 Å². The fourth-order valence-corrected chi connectivity index (χ4v) is 5.63. The molecule has 4 rings (SSSR count). The number of fused-ring (bicyclic) bond motifs is 2. The molecule has 4 atom stereocenters. The molecule has 0 aromatic heterocycles. The lowest BCUT2D eigenvalue weighted by Crippen LogP contribution is -2.38. The van der Waals surface area contributed by atoms with E-state index >= 15 is 0 Å². The number of piperidine rings is 2. The molecule has 26 heavy (non-hydrogen) atoms. The van der Waals surface area contributed by atoms with Crippen LogP contribution in [0.15, 0.2) is 0 Å². The van der Waals surface area contributed by atoms with Crippen molar-refractivity contribution in [1.29, 1.82) is 0 Å². The van der Waals surface area contributed by atoms with E-state index in [0.717, 1.165) is 30.2 Å². The molecule has 0 amide bonds. The highest BCUT2D eigenvalue weighted by molar-refractivity contribution is 6.23. The van der Waals surface area contributed by atoms with Crippen molar-refractivity contribution in [2.24, 2.45) is 23.7 Å². The first-order valence-corrected chi connectivity index (χ1v) is 12.7. The summed E-state index contributed by atoms with van der Waals surface area (Å²) in [4.78, 5) is 3.11. The lowest BCUT2D eigenvalue weighted by Gasteiger charge is -2.35. The standard InChI is InChI=1S/2C9H17N.C3H11NOSi/c2*1-2-4-9-7-10-6-5-8(9)3-1;1-3-4-6-5-2/h2*8-10H,1-7H2;4H,3,6H2,1-2H3. The molecular weight excluding hydrogens is 338 g/mol. The molecule has 4 aliphatic rings. The van der Waals surface area contributed by atoms with E-state index in [2.05, 4.69) is 22.5 Å². The van der Waals surface area contributed by atoms with Gasteiger partial charge in [-0.1, -0.05) is 45.4 Å². The highest BCUT2D eigenvalue weighted by atomic mass is 28.2. The van der Waals surface area contributed by atoms with E-state index in [1.807, 2.05) is 0 Å². The van der Waals surface area contributed by atoms with Crippen LogP contribution in [-0.4, -0.2) is 49.8 Å². The zero-order valence-electron chi connectivity index (χ0n) is 17.5. The second-order valence-electron chi connectivity index (χ2n) is 8.63. The van der Waals surface area contributed by atoms with Gasteiger partial charge in [-0.15, -0.1) is 0 Å². The van der Waals surface area contributed by atoms with Gasteiger partial charge in [-0.05, 0) is 82.1 Å². The quantitative estimate of drug-likeness (QED) is 0.518. The van der Waals surface area contributed by atoms with Crippen LogP contribution in [-0.2, 0) is 4.43 Å². The molecule has 2 heterocycles. The van der Waals surface area contributed by atoms with Crippen LogP contribution >= 0.6 is 0 Å². The molecule has 4 nitrogen and oxygen atoms in total. The van der Waals surface area contributed by atoms with E-state index < -0.39 is 0 Å². The van der Waals surface area contributed by atoms with Crippen molar-refractivity contribution in [3.8, 4) is 0 Å². The predicted octanol–water partition coefficient (Wildman–Crippen LogP) is 2.81. The van der Waals surface area contributed by atoms with E-state index in [0.29, 0.717) is 0 Å². The predicted molar refractivity (Wildman–Crippen MR) is 115 cm³/mol. The average molecular weight is 384 g/mol. The molecule has 0 radical (unpaired) electrons. The molecule has 2 saturated heterocycles. The third-order valence-electron chi connectivity index (χ3n) is 6.83. The van der Waals surface area contributed by atoms with Crippen molar-refractivity contribution < 1.29 is 4.43 Å². The summed E-state index contributed by atoms with van der Waals surface area (Å²) in [5.41, 5.74) is 0. The Bertz CT molecular complexity index is 261. The van der Waals surface area contributed by atoms with Crippen LogP contribution in [0.1, 0.15) is 71.1 Å². The van der Waals surface area contributed by atoms with Gasteiger partial charge in [0, 0.05) is 7.11 Å². The summed E-state index contributed by atoms with van der Waals surface area (Å²) >= 11 is 0. The Kier molecular flexibility index (Phi) is 12.1. The minimum atomic E-state index is -0.328. The van der Waals surface area contributed by atoms with Crippen molar-refractivity contribution in [1.82, 2.24) is 15.6 Å². The van der Waals surface area contributed by atoms with Gasteiger partial charge in [-0.3, -0.25) is 0 Å². The Hall–Kier alpha value is 0.0569. The summed E-state index contributed by atoms with van der Waals surface area (Å²) in [5.74, 6) is 4.27. The minimum absolute atomic E-state index is 0.328. The van der Waals surface area contributed by atoms with Gasteiger partial charge in [0.2, 0.25) is 9.92 Å². The van der Waals surface area contributed by atoms with E-state index in [1.165, 1.54) is 90.4 Å². The zero-order valence-corrected chi connectivity index (χ0v) is 18.9. The SMILES string of the molecule is C1CCC2CNCCC2C1.C1CCC2CNCCC2C1.CCN[SiH2]OC. The lowest BCUT2D eigenvalue weighted by molar-refractivity contribution is 0.185. The summed E-state index contributed by atoms with van der Waals surface area (Å²) in [5, 5.41) is 6.97. The van der Waals surface area contributed by atoms with Crippen LogP contribution in [0.2, 0.25) is 0 Å². The second kappa shape index (κ2) is 14.1. The lowest BCUT2D eigenvalue weighted by atomic mass is 9.76. The molecule has 4 fully saturated rings. The largest absolute Gasteiger partial charge is 0.412 e. The molecule has 4 unspecified atom stereocenters. The number of hydrogen-bond acceptors (Lipinski definition) is 4. The van der Waals surface area contributed by atoms with E-state index in [-0.39, 0.29) is 9.92 Å². The van der Waals surface area contributed by atoms with Gasteiger partial charge >= 0.3 is 0 Å². The molecule has 154 valence electrons. The molecule has 2 aliphatic heterocycles. The normalized spacial score (nSPS) is 33.9. The van der Waals surface area contributed by atoms with E-state index in [4.69, 9.17) is 4.43 Å². The van der Waals surface area contributed by atoms with Gasteiger partial charge in [0.1, 0.15) is 0 Å². The molecule has 0 aromatic rings. The Balaban J connectivity index is 0.000000146. The molecule has 0 bridgehead atoms. The van der Waals surface area contributed by atoms with Crippen LogP contribution in [0.25, 0.3) is 0 Å². The fraction of sp³-hybridized carbons (Fsp3) is 1.00. The number of rotatable bonds is 3. The van der Waals surface area contributed by atoms with Crippen LogP contribution in [0.3, 0.4) is 0 Å². The number of nitrogens with one attached hydrogen (secondary N) is 3. The maximum Gasteiger partial charge on any atom is 0.235 e. The summed E-state index contributed by atoms with van der Waals surface area (Å²) in [6.45, 7) is 8.30. The smallest absolute Gasteiger partial charge is 0.235 e. The molecule has 0 spiro atoms. The van der Waals surface area contributed by atoms with Gasteiger partial charge in [-0.2, -0.15) is 0 Å². The Morgan fingerprint density at radius 3 is 1.58 bits per heavy atom. The van der Waals surface area contributed by atoms with Gasteiger partial charge in [0.25, 0.3) is 0 Å². The molecule has 2 saturated carbocycles. The van der Waals surface area contributed by atoms with E-state index in [1.54, 1.807) is 7.11 Å². The van der Waals surface area contributed by atoms with Crippen molar-refractivity contribution in [2.45, 2.75) is 71.1 Å². The monoisotopic (exact) mass is 383 g/mol. The maximum atomic E-state index is 4.81. The first kappa shape index (κ1) is 22.3. The second-order valence-corrected chi connectivity index (χ2v) is 10.00.